The lowest BCUT2D eigenvalue weighted by atomic mass is 10.0. The Labute approximate surface area is 116 Å². The van der Waals surface area contributed by atoms with Gasteiger partial charge in [0.2, 0.25) is 0 Å². The molecule has 3 rings (SSSR count). The molecule has 0 aliphatic carbocycles. The molecule has 1 unspecified atom stereocenters. The van der Waals surface area contributed by atoms with E-state index in [9.17, 15) is 0 Å². The minimum atomic E-state index is 0.0232. The summed E-state index contributed by atoms with van der Waals surface area (Å²) in [5.41, 5.74) is 4.45. The van der Waals surface area contributed by atoms with Gasteiger partial charge in [-0.15, -0.1) is 0 Å². The quantitative estimate of drug-likeness (QED) is 0.647. The van der Waals surface area contributed by atoms with Crippen LogP contribution in [-0.4, -0.2) is 23.7 Å². The first-order chi connectivity index (χ1) is 9.81. The molecule has 1 aliphatic rings. The number of nitrogens with one attached hydrogen (secondary N) is 1. The minimum Gasteiger partial charge on any atom is -0.492 e. The van der Waals surface area contributed by atoms with E-state index in [0.717, 1.165) is 17.0 Å². The summed E-state index contributed by atoms with van der Waals surface area (Å²) < 4.78 is 10.8. The summed E-state index contributed by atoms with van der Waals surface area (Å²) in [5, 5.41) is 0. The van der Waals surface area contributed by atoms with Gasteiger partial charge in [-0.05, 0) is 6.07 Å². The van der Waals surface area contributed by atoms with Gasteiger partial charge in [-0.25, -0.2) is 15.8 Å². The van der Waals surface area contributed by atoms with E-state index in [-0.39, 0.29) is 5.92 Å². The van der Waals surface area contributed by atoms with Gasteiger partial charge in [0.1, 0.15) is 24.0 Å². The normalized spacial score (nSPS) is 16.6. The van der Waals surface area contributed by atoms with Gasteiger partial charge in [-0.3, -0.25) is 0 Å². The van der Waals surface area contributed by atoms with Crippen LogP contribution >= 0.6 is 0 Å². The second-order valence-electron chi connectivity index (χ2n) is 4.58. The van der Waals surface area contributed by atoms with Crippen molar-refractivity contribution in [1.82, 2.24) is 9.97 Å². The van der Waals surface area contributed by atoms with Crippen LogP contribution in [0.1, 0.15) is 23.0 Å². The molecule has 1 atom stereocenters. The fraction of sp³-hybridized carbons (Fsp3) is 0.286. The summed E-state index contributed by atoms with van der Waals surface area (Å²) in [7, 11) is 1.63. The molecule has 2 heterocycles. The van der Waals surface area contributed by atoms with E-state index in [0.29, 0.717) is 24.9 Å². The Morgan fingerprint density at radius 2 is 2.25 bits per heavy atom. The van der Waals surface area contributed by atoms with E-state index in [2.05, 4.69) is 15.4 Å². The summed E-state index contributed by atoms with van der Waals surface area (Å²) in [4.78, 5) is 8.97. The molecule has 1 aliphatic heterocycles. The van der Waals surface area contributed by atoms with Gasteiger partial charge in [-0.1, -0.05) is 18.2 Å². The number of benzene rings is 1. The molecule has 104 valence electrons. The predicted molar refractivity (Wildman–Crippen MR) is 74.3 cm³/mol. The zero-order chi connectivity index (χ0) is 13.9. The molecule has 2 aromatic rings. The maximum absolute atomic E-state index is 5.68. The Balaban J connectivity index is 2.00. The second kappa shape index (κ2) is 5.44. The van der Waals surface area contributed by atoms with Crippen LogP contribution in [0.25, 0.3) is 0 Å². The van der Waals surface area contributed by atoms with Gasteiger partial charge in [0.15, 0.2) is 0 Å². The van der Waals surface area contributed by atoms with E-state index in [1.54, 1.807) is 13.2 Å². The number of nitrogen functional groups attached to an aromatic ring is 1. The molecule has 0 bridgehead atoms. The van der Waals surface area contributed by atoms with Gasteiger partial charge >= 0.3 is 0 Å². The number of hydrogen-bond acceptors (Lipinski definition) is 6. The number of ether oxygens (including phenoxy) is 2. The maximum atomic E-state index is 5.68. The van der Waals surface area contributed by atoms with E-state index in [4.69, 9.17) is 15.3 Å². The first-order valence-electron chi connectivity index (χ1n) is 6.37. The fourth-order valence-electron chi connectivity index (χ4n) is 2.35. The van der Waals surface area contributed by atoms with Gasteiger partial charge in [0, 0.05) is 18.7 Å². The Morgan fingerprint density at radius 3 is 3.05 bits per heavy atom. The highest BCUT2D eigenvalue weighted by Crippen LogP contribution is 2.36. The standard InChI is InChI=1S/C14H16N4O2/c1-19-7-9-6-13(18-15)17-14(16-9)11-8-20-12-5-3-2-4-10(11)12/h2-6,11H,7-8,15H2,1H3,(H,16,17,18). The first-order valence-corrected chi connectivity index (χ1v) is 6.37. The number of para-hydroxylation sites is 1. The van der Waals surface area contributed by atoms with Crippen LogP contribution in [0, 0.1) is 0 Å². The van der Waals surface area contributed by atoms with Crippen molar-refractivity contribution in [3.05, 3.63) is 47.4 Å². The third-order valence-corrected chi connectivity index (χ3v) is 3.25. The Kier molecular flexibility index (Phi) is 3.49. The van der Waals surface area contributed by atoms with Gasteiger partial charge in [0.25, 0.3) is 0 Å². The number of hydrazine groups is 1. The number of rotatable bonds is 4. The van der Waals surface area contributed by atoms with Crippen molar-refractivity contribution in [3.63, 3.8) is 0 Å². The highest BCUT2D eigenvalue weighted by atomic mass is 16.5. The molecule has 20 heavy (non-hydrogen) atoms. The zero-order valence-electron chi connectivity index (χ0n) is 11.2. The summed E-state index contributed by atoms with van der Waals surface area (Å²) >= 11 is 0. The molecule has 6 nitrogen and oxygen atoms in total. The molecular formula is C14H16N4O2. The van der Waals surface area contributed by atoms with Crippen LogP contribution in [0.4, 0.5) is 5.82 Å². The van der Waals surface area contributed by atoms with Crippen LogP contribution in [-0.2, 0) is 11.3 Å². The lowest BCUT2D eigenvalue weighted by Gasteiger charge is -2.11. The predicted octanol–water partition coefficient (Wildman–Crippen LogP) is 1.43. The van der Waals surface area contributed by atoms with Crippen molar-refractivity contribution in [2.24, 2.45) is 5.84 Å². The van der Waals surface area contributed by atoms with Crippen LogP contribution < -0.4 is 16.0 Å². The summed E-state index contributed by atoms with van der Waals surface area (Å²) in [6.07, 6.45) is 0. The monoisotopic (exact) mass is 272 g/mol. The lowest BCUT2D eigenvalue weighted by molar-refractivity contribution is 0.181. The van der Waals surface area contributed by atoms with Crippen molar-refractivity contribution in [2.75, 3.05) is 19.1 Å². The highest BCUT2D eigenvalue weighted by molar-refractivity contribution is 5.44. The van der Waals surface area contributed by atoms with Crippen LogP contribution in [0.3, 0.4) is 0 Å². The highest BCUT2D eigenvalue weighted by Gasteiger charge is 2.28. The molecule has 3 N–H and O–H groups in total. The SMILES string of the molecule is COCc1cc(NN)nc(C2COc3ccccc32)n1. The Bertz CT molecular complexity index is 618. The average Bonchev–Trinajstić information content (AvgIpc) is 2.91. The number of nitrogens with zero attached hydrogens (tertiary/aromatic N) is 2. The molecule has 0 saturated heterocycles. The average molecular weight is 272 g/mol. The largest absolute Gasteiger partial charge is 0.492 e. The van der Waals surface area contributed by atoms with Crippen LogP contribution in [0.2, 0.25) is 0 Å². The molecular weight excluding hydrogens is 256 g/mol. The number of fused-ring (bicyclic) bond motifs is 1. The minimum absolute atomic E-state index is 0.0232. The number of aromatic nitrogens is 2. The first kappa shape index (κ1) is 12.8. The molecule has 0 fully saturated rings. The summed E-state index contributed by atoms with van der Waals surface area (Å²) in [5.74, 6) is 7.64. The maximum Gasteiger partial charge on any atom is 0.144 e. The molecule has 1 aromatic carbocycles. The van der Waals surface area contributed by atoms with Crippen molar-refractivity contribution >= 4 is 5.82 Å². The third kappa shape index (κ3) is 2.31. The molecule has 0 saturated carbocycles. The van der Waals surface area contributed by atoms with Gasteiger partial charge in [0.05, 0.1) is 18.2 Å². The summed E-state index contributed by atoms with van der Waals surface area (Å²) in [6.45, 7) is 0.958. The van der Waals surface area contributed by atoms with Crippen molar-refractivity contribution in [3.8, 4) is 5.75 Å². The Morgan fingerprint density at radius 1 is 1.40 bits per heavy atom. The molecule has 0 amide bonds. The van der Waals surface area contributed by atoms with Crippen molar-refractivity contribution in [1.29, 1.82) is 0 Å². The van der Waals surface area contributed by atoms with E-state index in [1.165, 1.54) is 0 Å². The lowest BCUT2D eigenvalue weighted by Crippen LogP contribution is -2.15. The van der Waals surface area contributed by atoms with Crippen LogP contribution in [0.15, 0.2) is 30.3 Å². The second-order valence-corrected chi connectivity index (χ2v) is 4.58. The molecule has 1 aromatic heterocycles. The van der Waals surface area contributed by atoms with E-state index in [1.807, 2.05) is 24.3 Å². The topological polar surface area (TPSA) is 82.3 Å². The van der Waals surface area contributed by atoms with Crippen molar-refractivity contribution in [2.45, 2.75) is 12.5 Å². The number of methoxy groups -OCH3 is 1. The van der Waals surface area contributed by atoms with Crippen LogP contribution in [0.5, 0.6) is 5.75 Å². The third-order valence-electron chi connectivity index (χ3n) is 3.25. The molecule has 0 radical (unpaired) electrons. The fourth-order valence-corrected chi connectivity index (χ4v) is 2.35. The number of anilines is 1. The van der Waals surface area contributed by atoms with Gasteiger partial charge in [-0.2, -0.15) is 0 Å². The van der Waals surface area contributed by atoms with E-state index >= 15 is 0 Å². The smallest absolute Gasteiger partial charge is 0.144 e. The van der Waals surface area contributed by atoms with E-state index < -0.39 is 0 Å². The molecule has 6 heteroatoms. The number of nitrogens with two attached hydrogens (primary N) is 1. The van der Waals surface area contributed by atoms with Gasteiger partial charge < -0.3 is 14.9 Å². The number of hydrogen-bond donors (Lipinski definition) is 2. The van der Waals surface area contributed by atoms with Crippen molar-refractivity contribution < 1.29 is 9.47 Å². The zero-order valence-corrected chi connectivity index (χ0v) is 11.2. The Hall–Kier alpha value is -2.18. The molecule has 0 spiro atoms. The summed E-state index contributed by atoms with van der Waals surface area (Å²) in [6, 6.07) is 9.71.